The number of nitrogens with one attached hydrogen (secondary N) is 2. The summed E-state index contributed by atoms with van der Waals surface area (Å²) in [5.74, 6) is 0.0115. The van der Waals surface area contributed by atoms with E-state index in [0.717, 1.165) is 11.1 Å². The zero-order chi connectivity index (χ0) is 26.1. The molecular formula is C26H26BrN3O6. The number of hydrogen-bond acceptors (Lipinski definition) is 7. The van der Waals surface area contributed by atoms with E-state index < -0.39 is 11.8 Å². The second-order valence-electron chi connectivity index (χ2n) is 7.47. The number of hydrazone groups is 1. The quantitative estimate of drug-likeness (QED) is 0.229. The van der Waals surface area contributed by atoms with Crippen LogP contribution in [0, 0.1) is 6.92 Å². The first kappa shape index (κ1) is 26.6. The number of ether oxygens (including phenoxy) is 4. The van der Waals surface area contributed by atoms with Gasteiger partial charge in [0.05, 0.1) is 37.7 Å². The topological polar surface area (TPSA) is 107 Å². The number of anilines is 1. The van der Waals surface area contributed by atoms with Crippen molar-refractivity contribution >= 4 is 39.6 Å². The molecule has 0 radical (unpaired) electrons. The number of rotatable bonds is 9. The molecule has 0 atom stereocenters. The van der Waals surface area contributed by atoms with Gasteiger partial charge < -0.3 is 24.3 Å². The predicted molar refractivity (Wildman–Crippen MR) is 140 cm³/mol. The second kappa shape index (κ2) is 12.6. The fourth-order valence-corrected chi connectivity index (χ4v) is 3.76. The Morgan fingerprint density at radius 3 is 2.39 bits per heavy atom. The van der Waals surface area contributed by atoms with Gasteiger partial charge in [-0.3, -0.25) is 9.59 Å². The van der Waals surface area contributed by atoms with Crippen LogP contribution in [0.5, 0.6) is 23.0 Å². The van der Waals surface area contributed by atoms with Crippen LogP contribution in [0.15, 0.2) is 64.2 Å². The van der Waals surface area contributed by atoms with Crippen LogP contribution in [0.2, 0.25) is 0 Å². The van der Waals surface area contributed by atoms with Gasteiger partial charge in [0, 0.05) is 6.07 Å². The van der Waals surface area contributed by atoms with Gasteiger partial charge >= 0.3 is 11.8 Å². The normalized spacial score (nSPS) is 10.6. The van der Waals surface area contributed by atoms with Crippen molar-refractivity contribution in [1.29, 1.82) is 0 Å². The van der Waals surface area contributed by atoms with E-state index in [1.165, 1.54) is 27.5 Å². The fraction of sp³-hybridized carbons (Fsp3) is 0.192. The van der Waals surface area contributed by atoms with Crippen LogP contribution in [-0.4, -0.2) is 39.4 Å². The van der Waals surface area contributed by atoms with Crippen LogP contribution in [0.1, 0.15) is 16.7 Å². The lowest BCUT2D eigenvalue weighted by Crippen LogP contribution is -2.32. The lowest BCUT2D eigenvalue weighted by molar-refractivity contribution is -0.136. The SMILES string of the molecule is COc1ccc(OC)c(NC(=O)C(=O)NN=Cc2cc(Br)c(OCc3ccccc3C)c(OC)c2)c1. The number of methoxy groups -OCH3 is 3. The van der Waals surface area contributed by atoms with Crippen LogP contribution in [-0.2, 0) is 16.2 Å². The number of carbonyl (C=O) groups excluding carboxylic acids is 2. The maximum atomic E-state index is 12.3. The Balaban J connectivity index is 1.65. The first-order valence-corrected chi connectivity index (χ1v) is 11.6. The summed E-state index contributed by atoms with van der Waals surface area (Å²) in [6, 6.07) is 16.2. The zero-order valence-electron chi connectivity index (χ0n) is 20.3. The third-order valence-electron chi connectivity index (χ3n) is 5.13. The summed E-state index contributed by atoms with van der Waals surface area (Å²) >= 11 is 3.50. The third kappa shape index (κ3) is 6.76. The van der Waals surface area contributed by atoms with Gasteiger partial charge in [-0.2, -0.15) is 5.10 Å². The van der Waals surface area contributed by atoms with E-state index in [4.69, 9.17) is 18.9 Å². The molecule has 2 amide bonds. The van der Waals surface area contributed by atoms with Gasteiger partial charge in [0.25, 0.3) is 0 Å². The number of nitrogens with zero attached hydrogens (tertiary/aromatic N) is 1. The van der Waals surface area contributed by atoms with Crippen molar-refractivity contribution in [2.75, 3.05) is 26.6 Å². The van der Waals surface area contributed by atoms with Crippen molar-refractivity contribution < 1.29 is 28.5 Å². The summed E-state index contributed by atoms with van der Waals surface area (Å²) in [5.41, 5.74) is 5.28. The molecule has 9 nitrogen and oxygen atoms in total. The molecule has 0 heterocycles. The van der Waals surface area contributed by atoms with Gasteiger partial charge in [-0.25, -0.2) is 5.43 Å². The van der Waals surface area contributed by atoms with Crippen LogP contribution in [0.4, 0.5) is 5.69 Å². The Bertz CT molecular complexity index is 1280. The van der Waals surface area contributed by atoms with Crippen LogP contribution in [0.3, 0.4) is 0 Å². The Labute approximate surface area is 217 Å². The molecule has 0 bridgehead atoms. The van der Waals surface area contributed by atoms with E-state index in [9.17, 15) is 9.59 Å². The lowest BCUT2D eigenvalue weighted by atomic mass is 10.1. The maximum absolute atomic E-state index is 12.3. The minimum Gasteiger partial charge on any atom is -0.497 e. The summed E-state index contributed by atoms with van der Waals surface area (Å²) in [6.45, 7) is 2.39. The van der Waals surface area contributed by atoms with Crippen molar-refractivity contribution in [3.63, 3.8) is 0 Å². The van der Waals surface area contributed by atoms with E-state index in [1.54, 1.807) is 30.3 Å². The molecular weight excluding hydrogens is 530 g/mol. The first-order valence-electron chi connectivity index (χ1n) is 10.8. The van der Waals surface area contributed by atoms with Crippen molar-refractivity contribution in [2.24, 2.45) is 5.10 Å². The molecule has 0 aliphatic heterocycles. The molecule has 0 spiro atoms. The van der Waals surface area contributed by atoms with Crippen molar-refractivity contribution in [1.82, 2.24) is 5.43 Å². The van der Waals surface area contributed by atoms with E-state index in [2.05, 4.69) is 31.8 Å². The van der Waals surface area contributed by atoms with Crippen molar-refractivity contribution in [2.45, 2.75) is 13.5 Å². The summed E-state index contributed by atoms with van der Waals surface area (Å²) in [5, 5.41) is 6.35. The highest BCUT2D eigenvalue weighted by molar-refractivity contribution is 9.10. The van der Waals surface area contributed by atoms with E-state index in [-0.39, 0.29) is 5.69 Å². The van der Waals surface area contributed by atoms with E-state index >= 15 is 0 Å². The summed E-state index contributed by atoms with van der Waals surface area (Å²) in [6.07, 6.45) is 1.38. The Hall–Kier alpha value is -4.05. The highest BCUT2D eigenvalue weighted by atomic mass is 79.9. The fourth-order valence-electron chi connectivity index (χ4n) is 3.18. The molecule has 0 saturated carbocycles. The first-order chi connectivity index (χ1) is 17.4. The molecule has 188 valence electrons. The highest BCUT2D eigenvalue weighted by Gasteiger charge is 2.16. The summed E-state index contributed by atoms with van der Waals surface area (Å²) in [4.78, 5) is 24.5. The minimum absolute atomic E-state index is 0.288. The minimum atomic E-state index is -0.958. The number of aryl methyl sites for hydroxylation is 1. The molecule has 36 heavy (non-hydrogen) atoms. The molecule has 3 aromatic carbocycles. The number of carbonyl (C=O) groups is 2. The molecule has 2 N–H and O–H groups in total. The number of benzene rings is 3. The Morgan fingerprint density at radius 1 is 0.944 bits per heavy atom. The number of amides is 2. The summed E-state index contributed by atoms with van der Waals surface area (Å²) in [7, 11) is 4.47. The smallest absolute Gasteiger partial charge is 0.329 e. The van der Waals surface area contributed by atoms with Gasteiger partial charge in [0.1, 0.15) is 18.1 Å². The number of hydrogen-bond donors (Lipinski definition) is 2. The molecule has 10 heteroatoms. The molecule has 0 aromatic heterocycles. The van der Waals surface area contributed by atoms with Gasteiger partial charge in [-0.15, -0.1) is 0 Å². The lowest BCUT2D eigenvalue weighted by Gasteiger charge is -2.14. The van der Waals surface area contributed by atoms with Crippen molar-refractivity contribution in [3.05, 3.63) is 75.8 Å². The Morgan fingerprint density at radius 2 is 1.69 bits per heavy atom. The summed E-state index contributed by atoms with van der Waals surface area (Å²) < 4.78 is 22.4. The molecule has 0 aliphatic rings. The van der Waals surface area contributed by atoms with Crippen molar-refractivity contribution in [3.8, 4) is 23.0 Å². The third-order valence-corrected chi connectivity index (χ3v) is 5.71. The predicted octanol–water partition coefficient (Wildman–Crippen LogP) is 4.45. The average Bonchev–Trinajstić information content (AvgIpc) is 2.88. The van der Waals surface area contributed by atoms with Gasteiger partial charge in [0.2, 0.25) is 0 Å². The standard InChI is InChI=1S/C26H26BrN3O6/c1-16-7-5-6-8-18(16)15-36-24-20(27)11-17(12-23(24)35-4)14-28-30-26(32)25(31)29-21-13-19(33-2)9-10-22(21)34-3/h5-14H,15H2,1-4H3,(H,29,31)(H,30,32). The molecule has 0 unspecified atom stereocenters. The van der Waals surface area contributed by atoms with Gasteiger partial charge in [-0.1, -0.05) is 24.3 Å². The van der Waals surface area contributed by atoms with E-state index in [0.29, 0.717) is 39.6 Å². The maximum Gasteiger partial charge on any atom is 0.329 e. The number of halogens is 1. The Kier molecular flexibility index (Phi) is 9.29. The van der Waals surface area contributed by atoms with Crippen LogP contribution < -0.4 is 29.7 Å². The molecule has 0 saturated heterocycles. The second-order valence-corrected chi connectivity index (χ2v) is 8.32. The average molecular weight is 556 g/mol. The molecule has 3 aromatic rings. The van der Waals surface area contributed by atoms with Crippen LogP contribution in [0.25, 0.3) is 0 Å². The molecule has 0 aliphatic carbocycles. The zero-order valence-corrected chi connectivity index (χ0v) is 21.8. The van der Waals surface area contributed by atoms with Gasteiger partial charge in [-0.05, 0) is 63.8 Å². The monoisotopic (exact) mass is 555 g/mol. The highest BCUT2D eigenvalue weighted by Crippen LogP contribution is 2.37. The molecule has 3 rings (SSSR count). The van der Waals surface area contributed by atoms with Crippen LogP contribution >= 0.6 is 15.9 Å². The molecule has 0 fully saturated rings. The van der Waals surface area contributed by atoms with Gasteiger partial charge in [0.15, 0.2) is 11.5 Å². The largest absolute Gasteiger partial charge is 0.497 e. The van der Waals surface area contributed by atoms with E-state index in [1.807, 2.05) is 31.2 Å².